The summed E-state index contributed by atoms with van der Waals surface area (Å²) in [5, 5.41) is 8.65. The number of hydrogen-bond acceptors (Lipinski definition) is 5. The van der Waals surface area contributed by atoms with E-state index >= 15 is 0 Å². The minimum atomic E-state index is -0.447. The van der Waals surface area contributed by atoms with Crippen molar-refractivity contribution in [1.82, 2.24) is 5.32 Å². The number of urea groups is 1. The van der Waals surface area contributed by atoms with Gasteiger partial charge in [0.1, 0.15) is 0 Å². The Balaban J connectivity index is 1.31. The summed E-state index contributed by atoms with van der Waals surface area (Å²) in [7, 11) is 0. The third kappa shape index (κ3) is 5.91. The van der Waals surface area contributed by atoms with E-state index in [1.165, 1.54) is 11.1 Å². The van der Waals surface area contributed by atoms with Crippen molar-refractivity contribution < 1.29 is 19.1 Å². The van der Waals surface area contributed by atoms with E-state index in [0.717, 1.165) is 38.0 Å². The summed E-state index contributed by atoms with van der Waals surface area (Å²) in [6.07, 6.45) is 2.90. The molecule has 1 saturated carbocycles. The fourth-order valence-corrected chi connectivity index (χ4v) is 4.46. The molecule has 0 saturated heterocycles. The zero-order valence-corrected chi connectivity index (χ0v) is 20.8. The first-order valence-corrected chi connectivity index (χ1v) is 12.6. The highest BCUT2D eigenvalue weighted by atomic mass is 16.5. The zero-order chi connectivity index (χ0) is 25.8. The summed E-state index contributed by atoms with van der Waals surface area (Å²) in [5.74, 6) is -0.539. The summed E-state index contributed by atoms with van der Waals surface area (Å²) in [5.41, 5.74) is 5.46. The van der Waals surface area contributed by atoms with Gasteiger partial charge in [-0.15, -0.1) is 0 Å². The minimum absolute atomic E-state index is 0.130. The van der Waals surface area contributed by atoms with Crippen LogP contribution in [0.3, 0.4) is 0 Å². The summed E-state index contributed by atoms with van der Waals surface area (Å²) in [6, 6.07) is 20.1. The van der Waals surface area contributed by atoms with Crippen molar-refractivity contribution in [2.45, 2.75) is 38.8 Å². The Hall–Kier alpha value is -4.33. The monoisotopic (exact) mass is 498 g/mol. The van der Waals surface area contributed by atoms with Crippen LogP contribution in [0.4, 0.5) is 21.9 Å². The number of benzene rings is 3. The van der Waals surface area contributed by atoms with Crippen LogP contribution < -0.4 is 20.9 Å². The van der Waals surface area contributed by atoms with Gasteiger partial charge in [0.25, 0.3) is 5.91 Å². The SMILES string of the molecule is CCOC(=O)c1ccc(NC(=O)Nc2ccc(N3CCc4ccccc4C3)c(C(=O)NC3CC3)c2)cc1. The fourth-order valence-electron chi connectivity index (χ4n) is 4.46. The maximum atomic E-state index is 13.2. The molecule has 3 amide bonds. The fraction of sp³-hybridized carbons (Fsp3) is 0.276. The van der Waals surface area contributed by atoms with Crippen LogP contribution in [-0.2, 0) is 17.7 Å². The lowest BCUT2D eigenvalue weighted by Gasteiger charge is -2.32. The maximum Gasteiger partial charge on any atom is 0.338 e. The predicted molar refractivity (Wildman–Crippen MR) is 143 cm³/mol. The molecule has 190 valence electrons. The van der Waals surface area contributed by atoms with E-state index in [-0.39, 0.29) is 11.9 Å². The van der Waals surface area contributed by atoms with Crippen LogP contribution in [0.25, 0.3) is 0 Å². The lowest BCUT2D eigenvalue weighted by atomic mass is 9.98. The molecule has 5 rings (SSSR count). The van der Waals surface area contributed by atoms with E-state index in [0.29, 0.717) is 29.1 Å². The topological polar surface area (TPSA) is 99.8 Å². The molecule has 37 heavy (non-hydrogen) atoms. The molecule has 0 radical (unpaired) electrons. The van der Waals surface area contributed by atoms with Gasteiger partial charge in [-0.3, -0.25) is 4.79 Å². The first kappa shape index (κ1) is 24.4. The first-order valence-electron chi connectivity index (χ1n) is 12.6. The van der Waals surface area contributed by atoms with Gasteiger partial charge in [0.15, 0.2) is 0 Å². The van der Waals surface area contributed by atoms with E-state index in [1.54, 1.807) is 37.3 Å². The molecule has 3 aromatic rings. The smallest absolute Gasteiger partial charge is 0.338 e. The second-order valence-electron chi connectivity index (χ2n) is 9.30. The number of anilines is 3. The second-order valence-corrected chi connectivity index (χ2v) is 9.30. The Bertz CT molecular complexity index is 1320. The number of nitrogens with zero attached hydrogens (tertiary/aromatic N) is 1. The van der Waals surface area contributed by atoms with E-state index in [1.807, 2.05) is 18.2 Å². The molecule has 1 aliphatic heterocycles. The van der Waals surface area contributed by atoms with Gasteiger partial charge in [-0.05, 0) is 79.8 Å². The average Bonchev–Trinajstić information content (AvgIpc) is 3.73. The number of rotatable bonds is 7. The number of carbonyl (C=O) groups is 3. The number of esters is 1. The number of fused-ring (bicyclic) bond motifs is 1. The molecule has 3 aromatic carbocycles. The molecule has 8 heteroatoms. The number of hydrogen-bond donors (Lipinski definition) is 3. The molecule has 8 nitrogen and oxygen atoms in total. The van der Waals surface area contributed by atoms with Crippen LogP contribution >= 0.6 is 0 Å². The molecular weight excluding hydrogens is 468 g/mol. The Morgan fingerprint density at radius 2 is 1.62 bits per heavy atom. The normalized spacial score (nSPS) is 14.4. The molecule has 0 bridgehead atoms. The summed E-state index contributed by atoms with van der Waals surface area (Å²) < 4.78 is 4.98. The number of amides is 3. The summed E-state index contributed by atoms with van der Waals surface area (Å²) in [4.78, 5) is 39.9. The van der Waals surface area contributed by atoms with Crippen LogP contribution in [0.15, 0.2) is 66.7 Å². The van der Waals surface area contributed by atoms with Crippen LogP contribution in [-0.4, -0.2) is 37.1 Å². The van der Waals surface area contributed by atoms with Crippen molar-refractivity contribution in [3.8, 4) is 0 Å². The van der Waals surface area contributed by atoms with Gasteiger partial charge in [-0.25, -0.2) is 9.59 Å². The zero-order valence-electron chi connectivity index (χ0n) is 20.8. The lowest BCUT2D eigenvalue weighted by molar-refractivity contribution is 0.0526. The van der Waals surface area contributed by atoms with Crippen LogP contribution in [0.2, 0.25) is 0 Å². The molecule has 0 atom stereocenters. The van der Waals surface area contributed by atoms with E-state index in [9.17, 15) is 14.4 Å². The van der Waals surface area contributed by atoms with Crippen molar-refractivity contribution >= 4 is 35.0 Å². The highest BCUT2D eigenvalue weighted by Gasteiger charge is 2.27. The summed E-state index contributed by atoms with van der Waals surface area (Å²) in [6.45, 7) is 3.59. The molecule has 3 N–H and O–H groups in total. The van der Waals surface area contributed by atoms with Crippen molar-refractivity contribution in [2.75, 3.05) is 28.7 Å². The standard InChI is InChI=1S/C29H30N4O4/c1-2-37-28(35)20-7-9-23(10-8-20)31-29(36)32-24-13-14-26(25(17-24)27(34)30-22-11-12-22)33-16-15-19-5-3-4-6-21(19)18-33/h3-10,13-14,17,22H,2,11-12,15-16,18H2,1H3,(H,30,34)(H2,31,32,36). The highest BCUT2D eigenvalue weighted by Crippen LogP contribution is 2.30. The Morgan fingerprint density at radius 3 is 2.35 bits per heavy atom. The van der Waals surface area contributed by atoms with Crippen molar-refractivity contribution in [2.24, 2.45) is 0 Å². The van der Waals surface area contributed by atoms with Gasteiger partial charge in [0.05, 0.1) is 17.7 Å². The van der Waals surface area contributed by atoms with Crippen molar-refractivity contribution in [1.29, 1.82) is 0 Å². The lowest BCUT2D eigenvalue weighted by Crippen LogP contribution is -2.33. The van der Waals surface area contributed by atoms with Gasteiger partial charge < -0.3 is 25.6 Å². The Morgan fingerprint density at radius 1 is 0.919 bits per heavy atom. The predicted octanol–water partition coefficient (Wildman–Crippen LogP) is 4.96. The molecule has 2 aliphatic rings. The molecule has 1 heterocycles. The largest absolute Gasteiger partial charge is 0.462 e. The van der Waals surface area contributed by atoms with Crippen LogP contribution in [0, 0.1) is 0 Å². The maximum absolute atomic E-state index is 13.2. The van der Waals surface area contributed by atoms with E-state index < -0.39 is 12.0 Å². The third-order valence-electron chi connectivity index (χ3n) is 6.54. The van der Waals surface area contributed by atoms with E-state index in [4.69, 9.17) is 4.74 Å². The van der Waals surface area contributed by atoms with Gasteiger partial charge in [-0.2, -0.15) is 0 Å². The minimum Gasteiger partial charge on any atom is -0.462 e. The number of nitrogens with one attached hydrogen (secondary N) is 3. The second kappa shape index (κ2) is 10.7. The first-order chi connectivity index (χ1) is 18.0. The number of carbonyl (C=O) groups excluding carboxylic acids is 3. The molecule has 0 aromatic heterocycles. The van der Waals surface area contributed by atoms with Gasteiger partial charge in [0, 0.05) is 36.2 Å². The molecule has 1 aliphatic carbocycles. The average molecular weight is 499 g/mol. The van der Waals surface area contributed by atoms with Crippen LogP contribution in [0.5, 0.6) is 0 Å². The molecular formula is C29H30N4O4. The van der Waals surface area contributed by atoms with Crippen LogP contribution in [0.1, 0.15) is 51.6 Å². The molecule has 0 spiro atoms. The third-order valence-corrected chi connectivity index (χ3v) is 6.54. The summed E-state index contributed by atoms with van der Waals surface area (Å²) >= 11 is 0. The number of ether oxygens (including phenoxy) is 1. The van der Waals surface area contributed by atoms with Gasteiger partial charge >= 0.3 is 12.0 Å². The highest BCUT2D eigenvalue weighted by molar-refractivity contribution is 6.04. The molecule has 0 unspecified atom stereocenters. The van der Waals surface area contributed by atoms with Gasteiger partial charge in [0.2, 0.25) is 0 Å². The van der Waals surface area contributed by atoms with Crippen molar-refractivity contribution in [3.63, 3.8) is 0 Å². The van der Waals surface area contributed by atoms with Crippen molar-refractivity contribution in [3.05, 3.63) is 89.0 Å². The Kier molecular flexibility index (Phi) is 7.07. The quantitative estimate of drug-likeness (QED) is 0.400. The van der Waals surface area contributed by atoms with Gasteiger partial charge in [-0.1, -0.05) is 24.3 Å². The Labute approximate surface area is 216 Å². The molecule has 1 fully saturated rings. The van der Waals surface area contributed by atoms with E-state index in [2.05, 4.69) is 39.0 Å².